The second-order valence-electron chi connectivity index (χ2n) is 9.20. The van der Waals surface area contributed by atoms with Crippen LogP contribution >= 0.6 is 0 Å². The van der Waals surface area contributed by atoms with Crippen LogP contribution in [-0.4, -0.2) is 46.9 Å². The van der Waals surface area contributed by atoms with Gasteiger partial charge in [-0.15, -0.1) is 0 Å². The molecular formula is C24H29N5O2. The van der Waals surface area contributed by atoms with Gasteiger partial charge in [0.2, 0.25) is 5.95 Å². The minimum absolute atomic E-state index is 0.360. The third-order valence-electron chi connectivity index (χ3n) is 6.34. The Kier molecular flexibility index (Phi) is 4.84. The molecule has 0 saturated carbocycles. The number of aryl methyl sites for hydroxylation is 1. The lowest BCUT2D eigenvalue weighted by Gasteiger charge is -2.38. The van der Waals surface area contributed by atoms with Gasteiger partial charge in [0, 0.05) is 25.0 Å². The second kappa shape index (κ2) is 7.44. The molecule has 3 heterocycles. The summed E-state index contributed by atoms with van der Waals surface area (Å²) >= 11 is 0. The molecule has 2 aliphatic heterocycles. The maximum absolute atomic E-state index is 11.0. The molecule has 1 atom stereocenters. The van der Waals surface area contributed by atoms with E-state index in [4.69, 9.17) is 20.4 Å². The fourth-order valence-corrected chi connectivity index (χ4v) is 4.36. The summed E-state index contributed by atoms with van der Waals surface area (Å²) < 4.78 is 5.29. The van der Waals surface area contributed by atoms with Crippen LogP contribution in [0.3, 0.4) is 0 Å². The van der Waals surface area contributed by atoms with Crippen molar-refractivity contribution in [3.63, 3.8) is 0 Å². The van der Waals surface area contributed by atoms with Crippen LogP contribution in [0.15, 0.2) is 42.5 Å². The fourth-order valence-electron chi connectivity index (χ4n) is 4.36. The Morgan fingerprint density at radius 2 is 2.00 bits per heavy atom. The molecule has 0 spiro atoms. The van der Waals surface area contributed by atoms with Crippen LogP contribution in [0.5, 0.6) is 0 Å². The Hall–Kier alpha value is -2.74. The molecule has 4 N–H and O–H groups in total. The van der Waals surface area contributed by atoms with Gasteiger partial charge >= 0.3 is 0 Å². The average Bonchev–Trinajstić information content (AvgIpc) is 2.87. The molecule has 0 aliphatic carbocycles. The van der Waals surface area contributed by atoms with E-state index >= 15 is 0 Å². The maximum Gasteiger partial charge on any atom is 0.228 e. The van der Waals surface area contributed by atoms with Crippen molar-refractivity contribution >= 4 is 22.7 Å². The zero-order valence-electron chi connectivity index (χ0n) is 18.1. The van der Waals surface area contributed by atoms with Crippen molar-refractivity contribution in [1.29, 1.82) is 0 Å². The Morgan fingerprint density at radius 1 is 1.19 bits per heavy atom. The molecule has 2 aromatic carbocycles. The first kappa shape index (κ1) is 20.2. The van der Waals surface area contributed by atoms with Gasteiger partial charge < -0.3 is 25.8 Å². The molecule has 0 radical (unpaired) electrons. The first-order valence-electron chi connectivity index (χ1n) is 10.8. The molecule has 5 rings (SSSR count). The summed E-state index contributed by atoms with van der Waals surface area (Å²) in [7, 11) is 0. The van der Waals surface area contributed by atoms with E-state index in [1.807, 2.05) is 31.2 Å². The van der Waals surface area contributed by atoms with E-state index in [1.54, 1.807) is 0 Å². The lowest BCUT2D eigenvalue weighted by atomic mass is 9.90. The summed E-state index contributed by atoms with van der Waals surface area (Å²) in [6.07, 6.45) is 0.603. The third kappa shape index (κ3) is 3.84. The number of hydrogen-bond donors (Lipinski definition) is 3. The van der Waals surface area contributed by atoms with Crippen molar-refractivity contribution in [2.75, 3.05) is 36.5 Å². The monoisotopic (exact) mass is 419 g/mol. The molecule has 1 fully saturated rings. The van der Waals surface area contributed by atoms with Crippen molar-refractivity contribution in [2.45, 2.75) is 38.0 Å². The highest BCUT2D eigenvalue weighted by Crippen LogP contribution is 2.34. The van der Waals surface area contributed by atoms with Gasteiger partial charge in [-0.1, -0.05) is 35.9 Å². The van der Waals surface area contributed by atoms with E-state index < -0.39 is 5.60 Å². The topological polar surface area (TPSA) is 96.5 Å². The Labute approximate surface area is 182 Å². The van der Waals surface area contributed by atoms with Crippen LogP contribution in [-0.2, 0) is 16.9 Å². The van der Waals surface area contributed by atoms with E-state index in [0.29, 0.717) is 45.2 Å². The number of rotatable bonds is 4. The van der Waals surface area contributed by atoms with Gasteiger partial charge in [0.1, 0.15) is 5.82 Å². The zero-order valence-corrected chi connectivity index (χ0v) is 18.1. The van der Waals surface area contributed by atoms with Crippen molar-refractivity contribution in [1.82, 2.24) is 9.97 Å². The molecule has 2 aliphatic rings. The van der Waals surface area contributed by atoms with Gasteiger partial charge in [-0.3, -0.25) is 0 Å². The van der Waals surface area contributed by atoms with Gasteiger partial charge in [-0.25, -0.2) is 4.98 Å². The average molecular weight is 420 g/mol. The molecule has 7 heteroatoms. The molecule has 0 bridgehead atoms. The Bertz CT molecular complexity index is 1130. The van der Waals surface area contributed by atoms with Gasteiger partial charge in [0.05, 0.1) is 29.9 Å². The largest absolute Gasteiger partial charge is 0.385 e. The van der Waals surface area contributed by atoms with E-state index in [-0.39, 0.29) is 5.54 Å². The highest BCUT2D eigenvalue weighted by molar-refractivity contribution is 5.90. The molecular weight excluding hydrogens is 390 g/mol. The summed E-state index contributed by atoms with van der Waals surface area (Å²) in [4.78, 5) is 11.9. The van der Waals surface area contributed by atoms with Crippen LogP contribution in [0.2, 0.25) is 0 Å². The molecule has 162 valence electrons. The predicted octanol–water partition coefficient (Wildman–Crippen LogP) is 2.70. The van der Waals surface area contributed by atoms with Crippen molar-refractivity contribution in [3.05, 3.63) is 59.2 Å². The summed E-state index contributed by atoms with van der Waals surface area (Å²) in [5.41, 5.74) is 9.21. The Balaban J connectivity index is 1.53. The van der Waals surface area contributed by atoms with Crippen molar-refractivity contribution < 1.29 is 9.84 Å². The summed E-state index contributed by atoms with van der Waals surface area (Å²) in [5, 5.41) is 15.5. The number of aromatic nitrogens is 2. The molecule has 1 unspecified atom stereocenters. The minimum atomic E-state index is -0.878. The normalized spacial score (nSPS) is 22.5. The van der Waals surface area contributed by atoms with Crippen LogP contribution < -0.4 is 16.0 Å². The van der Waals surface area contributed by atoms with E-state index in [2.05, 4.69) is 35.3 Å². The molecule has 3 aromatic rings. The zero-order chi connectivity index (χ0) is 21.6. The predicted molar refractivity (Wildman–Crippen MR) is 122 cm³/mol. The number of nitrogens with zero attached hydrogens (tertiary/aromatic N) is 3. The number of fused-ring (bicyclic) bond motifs is 2. The van der Waals surface area contributed by atoms with Crippen molar-refractivity contribution in [3.8, 4) is 0 Å². The lowest BCUT2D eigenvalue weighted by Crippen LogP contribution is -2.61. The van der Waals surface area contributed by atoms with Gasteiger partial charge in [-0.2, -0.15) is 4.98 Å². The minimum Gasteiger partial charge on any atom is -0.385 e. The SMILES string of the molecule is Cc1ccc2nc(N3CCC(C)(O)c4ccccc4C3)nc(NCC3(N)COC3)c2c1. The Morgan fingerprint density at radius 3 is 2.77 bits per heavy atom. The van der Waals surface area contributed by atoms with Crippen LogP contribution in [0.4, 0.5) is 11.8 Å². The first-order chi connectivity index (χ1) is 14.8. The quantitative estimate of drug-likeness (QED) is 0.598. The van der Waals surface area contributed by atoms with E-state index in [9.17, 15) is 5.11 Å². The van der Waals surface area contributed by atoms with E-state index in [0.717, 1.165) is 33.4 Å². The second-order valence-corrected chi connectivity index (χ2v) is 9.20. The number of nitrogens with two attached hydrogens (primary N) is 1. The van der Waals surface area contributed by atoms with Crippen LogP contribution in [0.25, 0.3) is 10.9 Å². The fraction of sp³-hybridized carbons (Fsp3) is 0.417. The van der Waals surface area contributed by atoms with Gasteiger partial charge in [0.15, 0.2) is 0 Å². The number of aliphatic hydroxyl groups is 1. The van der Waals surface area contributed by atoms with E-state index in [1.165, 1.54) is 0 Å². The summed E-state index contributed by atoms with van der Waals surface area (Å²) in [6, 6.07) is 14.3. The maximum atomic E-state index is 11.0. The molecule has 0 amide bonds. The van der Waals surface area contributed by atoms with Gasteiger partial charge in [0.25, 0.3) is 0 Å². The molecule has 1 aromatic heterocycles. The smallest absolute Gasteiger partial charge is 0.228 e. The lowest BCUT2D eigenvalue weighted by molar-refractivity contribution is -0.0461. The third-order valence-corrected chi connectivity index (χ3v) is 6.34. The highest BCUT2D eigenvalue weighted by Gasteiger charge is 2.34. The molecule has 31 heavy (non-hydrogen) atoms. The van der Waals surface area contributed by atoms with Crippen LogP contribution in [0.1, 0.15) is 30.0 Å². The molecule has 1 saturated heterocycles. The van der Waals surface area contributed by atoms with Crippen LogP contribution in [0, 0.1) is 6.92 Å². The number of hydrogen-bond acceptors (Lipinski definition) is 7. The number of nitrogens with one attached hydrogen (secondary N) is 1. The number of benzene rings is 2. The summed E-state index contributed by atoms with van der Waals surface area (Å²) in [6.45, 7) is 6.94. The molecule has 7 nitrogen and oxygen atoms in total. The number of ether oxygens (including phenoxy) is 1. The number of anilines is 2. The first-order valence-corrected chi connectivity index (χ1v) is 10.8. The summed E-state index contributed by atoms with van der Waals surface area (Å²) in [5.74, 6) is 1.44. The van der Waals surface area contributed by atoms with Gasteiger partial charge in [-0.05, 0) is 43.5 Å². The highest BCUT2D eigenvalue weighted by atomic mass is 16.5. The standard InChI is InChI=1S/C24H29N5O2/c1-16-7-8-20-18(11-16)21(26-13-24(25)14-31-15-24)28-22(27-20)29-10-9-23(2,30)19-6-4-3-5-17(19)12-29/h3-8,11,30H,9-10,12-15,25H2,1-2H3,(H,26,27,28). The van der Waals surface area contributed by atoms with Crippen molar-refractivity contribution in [2.24, 2.45) is 5.73 Å².